The fourth-order valence-corrected chi connectivity index (χ4v) is 3.27. The van der Waals surface area contributed by atoms with E-state index < -0.39 is 0 Å². The van der Waals surface area contributed by atoms with Gasteiger partial charge in [-0.15, -0.1) is 0 Å². The van der Waals surface area contributed by atoms with E-state index in [0.29, 0.717) is 5.25 Å². The lowest BCUT2D eigenvalue weighted by Crippen LogP contribution is -2.36. The van der Waals surface area contributed by atoms with Crippen molar-refractivity contribution in [2.45, 2.75) is 37.0 Å². The summed E-state index contributed by atoms with van der Waals surface area (Å²) in [6.07, 6.45) is 8.46. The van der Waals surface area contributed by atoms with Crippen LogP contribution in [0.25, 0.3) is 0 Å². The first kappa shape index (κ1) is 10.1. The van der Waals surface area contributed by atoms with Crippen molar-refractivity contribution in [3.63, 3.8) is 0 Å². The van der Waals surface area contributed by atoms with Crippen LogP contribution in [0.2, 0.25) is 0 Å². The van der Waals surface area contributed by atoms with Gasteiger partial charge in [-0.2, -0.15) is 11.8 Å². The minimum Gasteiger partial charge on any atom is -0.472 e. The summed E-state index contributed by atoms with van der Waals surface area (Å²) in [7, 11) is 0. The van der Waals surface area contributed by atoms with Crippen LogP contribution in [0, 0.1) is 0 Å². The molecule has 3 heteroatoms. The molecule has 0 spiro atoms. The summed E-state index contributed by atoms with van der Waals surface area (Å²) in [5.74, 6) is 1.28. The highest BCUT2D eigenvalue weighted by Gasteiger charge is 2.21. The normalized spacial score (nSPS) is 24.8. The van der Waals surface area contributed by atoms with Crippen LogP contribution in [0.1, 0.15) is 24.8 Å². The molecule has 0 aromatic carbocycles. The first-order chi connectivity index (χ1) is 6.86. The Morgan fingerprint density at radius 3 is 3.14 bits per heavy atom. The van der Waals surface area contributed by atoms with Gasteiger partial charge in [-0.25, -0.2) is 0 Å². The maximum atomic E-state index is 6.18. The summed E-state index contributed by atoms with van der Waals surface area (Å²) in [4.78, 5) is 0. The maximum absolute atomic E-state index is 6.18. The molecule has 2 heterocycles. The third kappa shape index (κ3) is 2.55. The molecule has 14 heavy (non-hydrogen) atoms. The molecular weight excluding hydrogens is 194 g/mol. The average molecular weight is 211 g/mol. The summed E-state index contributed by atoms with van der Waals surface area (Å²) < 4.78 is 5.04. The predicted molar refractivity (Wildman–Crippen MR) is 60.5 cm³/mol. The summed E-state index contributed by atoms with van der Waals surface area (Å²) in [5, 5.41) is 0.652. The molecule has 1 aliphatic heterocycles. The van der Waals surface area contributed by atoms with Crippen LogP contribution < -0.4 is 5.73 Å². The molecule has 1 saturated heterocycles. The van der Waals surface area contributed by atoms with Crippen molar-refractivity contribution in [2.24, 2.45) is 5.73 Å². The fraction of sp³-hybridized carbons (Fsp3) is 0.636. The Morgan fingerprint density at radius 2 is 2.50 bits per heavy atom. The van der Waals surface area contributed by atoms with E-state index in [9.17, 15) is 0 Å². The Hall–Kier alpha value is -0.410. The molecule has 0 radical (unpaired) electrons. The van der Waals surface area contributed by atoms with Crippen molar-refractivity contribution >= 4 is 11.8 Å². The minimum absolute atomic E-state index is 0.290. The molecule has 0 bridgehead atoms. The molecule has 1 aromatic heterocycles. The van der Waals surface area contributed by atoms with Gasteiger partial charge in [0.1, 0.15) is 0 Å². The van der Waals surface area contributed by atoms with Crippen LogP contribution in [0.5, 0.6) is 0 Å². The van der Waals surface area contributed by atoms with E-state index in [1.165, 1.54) is 30.6 Å². The van der Waals surface area contributed by atoms with E-state index >= 15 is 0 Å². The van der Waals surface area contributed by atoms with Crippen molar-refractivity contribution in [3.8, 4) is 0 Å². The van der Waals surface area contributed by atoms with Crippen molar-refractivity contribution in [1.82, 2.24) is 0 Å². The lowest BCUT2D eigenvalue weighted by atomic mass is 10.0. The van der Waals surface area contributed by atoms with Crippen LogP contribution in [-0.2, 0) is 6.42 Å². The topological polar surface area (TPSA) is 39.2 Å². The van der Waals surface area contributed by atoms with Gasteiger partial charge in [0.2, 0.25) is 0 Å². The van der Waals surface area contributed by atoms with E-state index in [4.69, 9.17) is 10.2 Å². The van der Waals surface area contributed by atoms with Gasteiger partial charge in [-0.3, -0.25) is 0 Å². The lowest BCUT2D eigenvalue weighted by molar-refractivity contribution is 0.543. The van der Waals surface area contributed by atoms with Crippen molar-refractivity contribution in [1.29, 1.82) is 0 Å². The van der Waals surface area contributed by atoms with Gasteiger partial charge in [-0.05, 0) is 36.6 Å². The number of nitrogens with two attached hydrogens (primary N) is 1. The maximum Gasteiger partial charge on any atom is 0.0935 e. The highest BCUT2D eigenvalue weighted by molar-refractivity contribution is 8.00. The predicted octanol–water partition coefficient (Wildman–Crippen LogP) is 2.44. The number of hydrogen-bond donors (Lipinski definition) is 1. The number of rotatable bonds is 3. The Morgan fingerprint density at radius 1 is 1.57 bits per heavy atom. The molecule has 2 unspecified atom stereocenters. The number of furan rings is 1. The first-order valence-corrected chi connectivity index (χ1v) is 6.29. The van der Waals surface area contributed by atoms with Crippen LogP contribution in [0.4, 0.5) is 0 Å². The Labute approximate surface area is 89.2 Å². The van der Waals surface area contributed by atoms with Crippen molar-refractivity contribution in [2.75, 3.05) is 5.75 Å². The average Bonchev–Trinajstić information content (AvgIpc) is 2.72. The summed E-state index contributed by atoms with van der Waals surface area (Å²) in [6, 6.07) is 2.30. The van der Waals surface area contributed by atoms with Crippen molar-refractivity contribution < 1.29 is 4.42 Å². The minimum atomic E-state index is 0.290. The Bertz CT molecular complexity index is 254. The third-order valence-corrected chi connectivity index (χ3v) is 4.28. The molecule has 1 aliphatic rings. The van der Waals surface area contributed by atoms with Gasteiger partial charge in [0.15, 0.2) is 0 Å². The second kappa shape index (κ2) is 4.89. The summed E-state index contributed by atoms with van der Waals surface area (Å²) >= 11 is 2.04. The van der Waals surface area contributed by atoms with Gasteiger partial charge in [-0.1, -0.05) is 6.42 Å². The second-order valence-corrected chi connectivity index (χ2v) is 5.25. The third-order valence-electron chi connectivity index (χ3n) is 2.74. The van der Waals surface area contributed by atoms with Gasteiger partial charge in [0.25, 0.3) is 0 Å². The smallest absolute Gasteiger partial charge is 0.0935 e. The van der Waals surface area contributed by atoms with E-state index in [2.05, 4.69) is 0 Å². The number of thioether (sulfide) groups is 1. The molecule has 0 saturated carbocycles. The van der Waals surface area contributed by atoms with Gasteiger partial charge >= 0.3 is 0 Å². The Kier molecular flexibility index (Phi) is 3.54. The molecule has 2 nitrogen and oxygen atoms in total. The second-order valence-electron chi connectivity index (χ2n) is 3.90. The van der Waals surface area contributed by atoms with Crippen LogP contribution in [0.3, 0.4) is 0 Å². The molecule has 78 valence electrons. The molecule has 1 aromatic rings. The highest BCUT2D eigenvalue weighted by atomic mass is 32.2. The highest BCUT2D eigenvalue weighted by Crippen LogP contribution is 2.28. The summed E-state index contributed by atoms with van der Waals surface area (Å²) in [6.45, 7) is 0. The quantitative estimate of drug-likeness (QED) is 0.834. The summed E-state index contributed by atoms with van der Waals surface area (Å²) in [5.41, 5.74) is 7.40. The van der Waals surface area contributed by atoms with E-state index in [0.717, 1.165) is 6.42 Å². The van der Waals surface area contributed by atoms with E-state index in [1.807, 2.05) is 17.8 Å². The molecule has 2 N–H and O–H groups in total. The molecule has 2 atom stereocenters. The number of hydrogen-bond acceptors (Lipinski definition) is 3. The van der Waals surface area contributed by atoms with Gasteiger partial charge in [0, 0.05) is 11.3 Å². The van der Waals surface area contributed by atoms with Crippen LogP contribution >= 0.6 is 11.8 Å². The standard InChI is InChI=1S/C11H17NOS/c12-10(7-9-4-5-13-8-9)11-3-1-2-6-14-11/h4-5,8,10-11H,1-3,6-7,12H2. The zero-order valence-electron chi connectivity index (χ0n) is 8.32. The fourth-order valence-electron chi connectivity index (χ4n) is 1.92. The molecule has 0 aliphatic carbocycles. The lowest BCUT2D eigenvalue weighted by Gasteiger charge is -2.26. The van der Waals surface area contributed by atoms with Gasteiger partial charge in [0.05, 0.1) is 12.5 Å². The SMILES string of the molecule is NC(Cc1ccoc1)C1CCCCS1. The van der Waals surface area contributed by atoms with Crippen molar-refractivity contribution in [3.05, 3.63) is 24.2 Å². The zero-order valence-corrected chi connectivity index (χ0v) is 9.13. The van der Waals surface area contributed by atoms with Crippen LogP contribution in [0.15, 0.2) is 23.0 Å². The monoisotopic (exact) mass is 211 g/mol. The Balaban J connectivity index is 1.85. The van der Waals surface area contributed by atoms with Crippen LogP contribution in [-0.4, -0.2) is 17.0 Å². The van der Waals surface area contributed by atoms with E-state index in [1.54, 1.807) is 12.5 Å². The van der Waals surface area contributed by atoms with E-state index in [-0.39, 0.29) is 6.04 Å². The molecule has 2 rings (SSSR count). The van der Waals surface area contributed by atoms with Gasteiger partial charge < -0.3 is 10.2 Å². The largest absolute Gasteiger partial charge is 0.472 e. The first-order valence-electron chi connectivity index (χ1n) is 5.24. The zero-order chi connectivity index (χ0) is 9.80. The molecule has 0 amide bonds. The molecule has 1 fully saturated rings. The molecular formula is C11H17NOS.